The van der Waals surface area contributed by atoms with Crippen LogP contribution in [0.25, 0.3) is 0 Å². The van der Waals surface area contributed by atoms with E-state index in [1.165, 1.54) is 0 Å². The standard InChI is InChI=1S/C14H25NO/c1-10(15-5)11-6-8-12(9-7-11)13(16)14(2,3)4/h11-12,15H,1,6-9H2,2-5H3. The molecule has 0 radical (unpaired) electrons. The highest BCUT2D eigenvalue weighted by Gasteiger charge is 2.33. The smallest absolute Gasteiger partial charge is 0.141 e. The molecule has 2 nitrogen and oxygen atoms in total. The Labute approximate surface area is 99.5 Å². The molecule has 1 fully saturated rings. The van der Waals surface area contributed by atoms with Gasteiger partial charge in [0.05, 0.1) is 0 Å². The second-order valence-electron chi connectivity index (χ2n) is 5.94. The third kappa shape index (κ3) is 3.10. The normalized spacial score (nSPS) is 26.2. The zero-order chi connectivity index (χ0) is 12.3. The van der Waals surface area contributed by atoms with E-state index < -0.39 is 0 Å². The molecule has 0 unspecified atom stereocenters. The molecule has 92 valence electrons. The zero-order valence-electron chi connectivity index (χ0n) is 11.1. The van der Waals surface area contributed by atoms with E-state index in [-0.39, 0.29) is 11.3 Å². The molecule has 0 aromatic heterocycles. The molecule has 0 aliphatic heterocycles. The van der Waals surface area contributed by atoms with Crippen LogP contribution in [0, 0.1) is 17.3 Å². The molecule has 1 N–H and O–H groups in total. The summed E-state index contributed by atoms with van der Waals surface area (Å²) in [6.07, 6.45) is 4.27. The molecule has 0 aromatic rings. The van der Waals surface area contributed by atoms with E-state index in [4.69, 9.17) is 0 Å². The first-order valence-corrected chi connectivity index (χ1v) is 6.27. The summed E-state index contributed by atoms with van der Waals surface area (Å²) in [6, 6.07) is 0. The van der Waals surface area contributed by atoms with Crippen molar-refractivity contribution in [3.05, 3.63) is 12.3 Å². The third-order valence-electron chi connectivity index (χ3n) is 3.65. The minimum Gasteiger partial charge on any atom is -0.392 e. The molecule has 0 bridgehead atoms. The first kappa shape index (κ1) is 13.3. The van der Waals surface area contributed by atoms with Gasteiger partial charge in [0.2, 0.25) is 0 Å². The van der Waals surface area contributed by atoms with Crippen molar-refractivity contribution >= 4 is 5.78 Å². The number of carbonyl (C=O) groups is 1. The lowest BCUT2D eigenvalue weighted by Gasteiger charge is -2.32. The first-order valence-electron chi connectivity index (χ1n) is 6.27. The van der Waals surface area contributed by atoms with Gasteiger partial charge in [0.1, 0.15) is 5.78 Å². The van der Waals surface area contributed by atoms with E-state index in [1.807, 2.05) is 27.8 Å². The summed E-state index contributed by atoms with van der Waals surface area (Å²) >= 11 is 0. The van der Waals surface area contributed by atoms with E-state index in [1.54, 1.807) is 0 Å². The van der Waals surface area contributed by atoms with Gasteiger partial charge < -0.3 is 5.32 Å². The second-order valence-corrected chi connectivity index (χ2v) is 5.94. The van der Waals surface area contributed by atoms with Crippen molar-refractivity contribution in [2.24, 2.45) is 17.3 Å². The van der Waals surface area contributed by atoms with Gasteiger partial charge in [0.15, 0.2) is 0 Å². The number of nitrogens with one attached hydrogen (secondary N) is 1. The fraction of sp³-hybridized carbons (Fsp3) is 0.786. The number of Topliss-reactive ketones (excluding diaryl/α,β-unsaturated/α-hetero) is 1. The van der Waals surface area contributed by atoms with Gasteiger partial charge >= 0.3 is 0 Å². The average Bonchev–Trinajstić information content (AvgIpc) is 2.26. The van der Waals surface area contributed by atoms with Gasteiger partial charge in [-0.3, -0.25) is 4.79 Å². The topological polar surface area (TPSA) is 29.1 Å². The Morgan fingerprint density at radius 2 is 1.56 bits per heavy atom. The fourth-order valence-electron chi connectivity index (χ4n) is 2.52. The van der Waals surface area contributed by atoms with Gasteiger partial charge in [-0.25, -0.2) is 0 Å². The molecule has 1 aliphatic carbocycles. The van der Waals surface area contributed by atoms with Crippen LogP contribution in [0.1, 0.15) is 46.5 Å². The second kappa shape index (κ2) is 5.03. The van der Waals surface area contributed by atoms with Crippen LogP contribution >= 0.6 is 0 Å². The Bertz CT molecular complexity index is 267. The van der Waals surface area contributed by atoms with E-state index >= 15 is 0 Å². The molecule has 16 heavy (non-hydrogen) atoms. The maximum Gasteiger partial charge on any atom is 0.141 e. The number of carbonyl (C=O) groups excluding carboxylic acids is 1. The lowest BCUT2D eigenvalue weighted by Crippen LogP contribution is -2.32. The van der Waals surface area contributed by atoms with Crippen LogP contribution in [0.4, 0.5) is 0 Å². The van der Waals surface area contributed by atoms with Crippen LogP contribution in [0.15, 0.2) is 12.3 Å². The number of ketones is 1. The monoisotopic (exact) mass is 223 g/mol. The van der Waals surface area contributed by atoms with E-state index in [0.29, 0.717) is 11.7 Å². The minimum atomic E-state index is -0.183. The highest BCUT2D eigenvalue weighted by molar-refractivity contribution is 5.86. The number of hydrogen-bond acceptors (Lipinski definition) is 2. The largest absolute Gasteiger partial charge is 0.392 e. The predicted molar refractivity (Wildman–Crippen MR) is 68.1 cm³/mol. The van der Waals surface area contributed by atoms with Gasteiger partial charge in [-0.2, -0.15) is 0 Å². The summed E-state index contributed by atoms with van der Waals surface area (Å²) in [7, 11) is 1.93. The Hall–Kier alpha value is -0.790. The lowest BCUT2D eigenvalue weighted by molar-refractivity contribution is -0.131. The van der Waals surface area contributed by atoms with Crippen LogP contribution in [0.2, 0.25) is 0 Å². The van der Waals surface area contributed by atoms with Crippen molar-refractivity contribution < 1.29 is 4.79 Å². The number of hydrogen-bond donors (Lipinski definition) is 1. The van der Waals surface area contributed by atoms with E-state index in [2.05, 4.69) is 11.9 Å². The molecular weight excluding hydrogens is 198 g/mol. The van der Waals surface area contributed by atoms with Crippen LogP contribution in [-0.2, 0) is 4.79 Å². The first-order chi connectivity index (χ1) is 7.36. The molecule has 0 saturated heterocycles. The van der Waals surface area contributed by atoms with Crippen molar-refractivity contribution in [3.63, 3.8) is 0 Å². The Kier molecular flexibility index (Phi) is 4.17. The molecular formula is C14H25NO. The van der Waals surface area contributed by atoms with Crippen molar-refractivity contribution in [3.8, 4) is 0 Å². The van der Waals surface area contributed by atoms with Gasteiger partial charge in [-0.15, -0.1) is 0 Å². The highest BCUT2D eigenvalue weighted by atomic mass is 16.1. The quantitative estimate of drug-likeness (QED) is 0.796. The zero-order valence-corrected chi connectivity index (χ0v) is 11.1. The van der Waals surface area contributed by atoms with Crippen molar-refractivity contribution in [2.75, 3.05) is 7.05 Å². The maximum atomic E-state index is 12.1. The van der Waals surface area contributed by atoms with Gasteiger partial charge in [-0.05, 0) is 31.6 Å². The summed E-state index contributed by atoms with van der Waals surface area (Å²) in [5.74, 6) is 1.27. The molecule has 0 atom stereocenters. The molecule has 1 rings (SSSR count). The van der Waals surface area contributed by atoms with E-state index in [9.17, 15) is 4.79 Å². The van der Waals surface area contributed by atoms with Crippen LogP contribution in [0.5, 0.6) is 0 Å². The van der Waals surface area contributed by atoms with Gasteiger partial charge in [-0.1, -0.05) is 27.4 Å². The summed E-state index contributed by atoms with van der Waals surface area (Å²) in [6.45, 7) is 10.1. The lowest BCUT2D eigenvalue weighted by atomic mass is 9.73. The van der Waals surface area contributed by atoms with Crippen molar-refractivity contribution in [1.82, 2.24) is 5.32 Å². The minimum absolute atomic E-state index is 0.183. The molecule has 0 amide bonds. The predicted octanol–water partition coefficient (Wildman–Crippen LogP) is 3.14. The van der Waals surface area contributed by atoms with E-state index in [0.717, 1.165) is 31.4 Å². The Morgan fingerprint density at radius 3 is 1.94 bits per heavy atom. The van der Waals surface area contributed by atoms with Crippen LogP contribution < -0.4 is 5.32 Å². The van der Waals surface area contributed by atoms with Crippen LogP contribution in [-0.4, -0.2) is 12.8 Å². The molecule has 0 aromatic carbocycles. The van der Waals surface area contributed by atoms with Crippen molar-refractivity contribution in [2.45, 2.75) is 46.5 Å². The van der Waals surface area contributed by atoms with Crippen molar-refractivity contribution in [1.29, 1.82) is 0 Å². The SMILES string of the molecule is C=C(NC)C1CCC(C(=O)C(C)(C)C)CC1. The average molecular weight is 223 g/mol. The molecule has 0 spiro atoms. The summed E-state index contributed by atoms with van der Waals surface area (Å²) in [5, 5.41) is 3.13. The summed E-state index contributed by atoms with van der Waals surface area (Å²) in [4.78, 5) is 12.1. The molecule has 2 heteroatoms. The Balaban J connectivity index is 2.49. The highest BCUT2D eigenvalue weighted by Crippen LogP contribution is 2.35. The third-order valence-corrected chi connectivity index (χ3v) is 3.65. The molecule has 1 aliphatic rings. The fourth-order valence-corrected chi connectivity index (χ4v) is 2.52. The number of rotatable bonds is 3. The summed E-state index contributed by atoms with van der Waals surface area (Å²) in [5.41, 5.74) is 0.944. The van der Waals surface area contributed by atoms with Gasteiger partial charge in [0.25, 0.3) is 0 Å². The Morgan fingerprint density at radius 1 is 1.12 bits per heavy atom. The number of allylic oxidation sites excluding steroid dienone is 1. The van der Waals surface area contributed by atoms with Crippen LogP contribution in [0.3, 0.4) is 0 Å². The van der Waals surface area contributed by atoms with Gasteiger partial charge in [0, 0.05) is 24.1 Å². The molecule has 0 heterocycles. The molecule has 1 saturated carbocycles. The summed E-state index contributed by atoms with van der Waals surface area (Å²) < 4.78 is 0. The maximum absolute atomic E-state index is 12.1.